The molecule has 4 nitrogen and oxygen atoms in total. The van der Waals surface area contributed by atoms with Gasteiger partial charge in [-0.25, -0.2) is 0 Å². The van der Waals surface area contributed by atoms with Crippen molar-refractivity contribution in [2.45, 2.75) is 31.3 Å². The zero-order valence-corrected chi connectivity index (χ0v) is 12.4. The quantitative estimate of drug-likeness (QED) is 0.891. The van der Waals surface area contributed by atoms with Crippen LogP contribution in [0.4, 0.5) is 0 Å². The molecule has 0 spiro atoms. The molecule has 22 heavy (non-hydrogen) atoms. The van der Waals surface area contributed by atoms with Crippen LogP contribution in [0.2, 0.25) is 0 Å². The fourth-order valence-corrected chi connectivity index (χ4v) is 2.94. The number of hydrogen-bond acceptors (Lipinski definition) is 4. The average molecular weight is 299 g/mol. The molecule has 3 atom stereocenters. The molecule has 0 aromatic heterocycles. The Bertz CT molecular complexity index is 575. The number of ether oxygens (including phenoxy) is 1. The first-order valence-corrected chi connectivity index (χ1v) is 7.60. The standard InChI is InChI=1S/C18H21NO3/c20-18(15-9-5-2-6-10-15)17-16(11-12-19(17)21)22-13-14-7-3-1-4-8-14/h1-10,16-18,20-21H,11-13H2/t16-,17+,18?/m0/s1. The summed E-state index contributed by atoms with van der Waals surface area (Å²) in [6, 6.07) is 18.9. The summed E-state index contributed by atoms with van der Waals surface area (Å²) in [5, 5.41) is 21.9. The molecule has 3 rings (SSSR count). The Labute approximate surface area is 130 Å². The van der Waals surface area contributed by atoms with E-state index < -0.39 is 12.1 Å². The molecule has 1 heterocycles. The van der Waals surface area contributed by atoms with Crippen molar-refractivity contribution in [3.8, 4) is 0 Å². The molecule has 1 aliphatic rings. The Morgan fingerprint density at radius 1 is 1.05 bits per heavy atom. The summed E-state index contributed by atoms with van der Waals surface area (Å²) >= 11 is 0. The predicted octanol–water partition coefficient (Wildman–Crippen LogP) is 2.77. The van der Waals surface area contributed by atoms with Gasteiger partial charge in [-0.15, -0.1) is 0 Å². The number of hydroxylamine groups is 2. The number of rotatable bonds is 5. The number of nitrogens with zero attached hydrogens (tertiary/aromatic N) is 1. The molecule has 0 saturated carbocycles. The summed E-state index contributed by atoms with van der Waals surface area (Å²) in [6.45, 7) is 0.991. The minimum atomic E-state index is -0.769. The molecule has 116 valence electrons. The molecular weight excluding hydrogens is 278 g/mol. The second kappa shape index (κ2) is 7.03. The summed E-state index contributed by atoms with van der Waals surface area (Å²) in [4.78, 5) is 0. The van der Waals surface area contributed by atoms with Gasteiger partial charge in [-0.2, -0.15) is 5.06 Å². The molecule has 1 saturated heterocycles. The number of benzene rings is 2. The zero-order valence-electron chi connectivity index (χ0n) is 12.4. The summed E-state index contributed by atoms with van der Waals surface area (Å²) in [5.74, 6) is 0. The van der Waals surface area contributed by atoms with E-state index in [-0.39, 0.29) is 6.10 Å². The van der Waals surface area contributed by atoms with Gasteiger partial charge in [0.2, 0.25) is 0 Å². The van der Waals surface area contributed by atoms with E-state index in [2.05, 4.69) is 0 Å². The lowest BCUT2D eigenvalue weighted by molar-refractivity contribution is -0.156. The first-order valence-electron chi connectivity index (χ1n) is 7.60. The Morgan fingerprint density at radius 2 is 1.68 bits per heavy atom. The minimum absolute atomic E-state index is 0.194. The highest BCUT2D eigenvalue weighted by atomic mass is 16.5. The van der Waals surface area contributed by atoms with Gasteiger partial charge >= 0.3 is 0 Å². The van der Waals surface area contributed by atoms with Crippen molar-refractivity contribution in [2.24, 2.45) is 0 Å². The lowest BCUT2D eigenvalue weighted by Gasteiger charge is -2.28. The largest absolute Gasteiger partial charge is 0.387 e. The van der Waals surface area contributed by atoms with Gasteiger partial charge in [0.25, 0.3) is 0 Å². The average Bonchev–Trinajstić information content (AvgIpc) is 2.95. The number of hydrogen-bond donors (Lipinski definition) is 2. The van der Waals surface area contributed by atoms with Crippen LogP contribution in [0.25, 0.3) is 0 Å². The van der Waals surface area contributed by atoms with Crippen LogP contribution < -0.4 is 0 Å². The maximum Gasteiger partial charge on any atom is 0.0993 e. The van der Waals surface area contributed by atoms with Crippen LogP contribution >= 0.6 is 0 Å². The van der Waals surface area contributed by atoms with Gasteiger partial charge in [0.1, 0.15) is 0 Å². The van der Waals surface area contributed by atoms with Crippen molar-refractivity contribution in [1.29, 1.82) is 0 Å². The molecule has 1 aliphatic heterocycles. The van der Waals surface area contributed by atoms with Gasteiger partial charge in [-0.3, -0.25) is 0 Å². The first kappa shape index (κ1) is 15.2. The third kappa shape index (κ3) is 3.36. The first-order chi connectivity index (χ1) is 10.8. The second-order valence-electron chi connectivity index (χ2n) is 5.63. The fraction of sp³-hybridized carbons (Fsp3) is 0.333. The predicted molar refractivity (Wildman–Crippen MR) is 83.3 cm³/mol. The van der Waals surface area contributed by atoms with Crippen molar-refractivity contribution in [3.63, 3.8) is 0 Å². The van der Waals surface area contributed by atoms with Crippen molar-refractivity contribution in [3.05, 3.63) is 71.8 Å². The SMILES string of the molecule is OC(c1ccccc1)[C@H]1[C@@H](OCc2ccccc2)CCN1O. The van der Waals surface area contributed by atoms with Crippen molar-refractivity contribution in [1.82, 2.24) is 5.06 Å². The van der Waals surface area contributed by atoms with E-state index in [4.69, 9.17) is 4.74 Å². The van der Waals surface area contributed by atoms with Gasteiger partial charge in [0.05, 0.1) is 24.9 Å². The van der Waals surface area contributed by atoms with Gasteiger partial charge in [0.15, 0.2) is 0 Å². The van der Waals surface area contributed by atoms with E-state index >= 15 is 0 Å². The lowest BCUT2D eigenvalue weighted by atomic mass is 9.99. The van der Waals surface area contributed by atoms with Gasteiger partial charge in [-0.1, -0.05) is 60.7 Å². The van der Waals surface area contributed by atoms with E-state index in [9.17, 15) is 10.3 Å². The van der Waals surface area contributed by atoms with Crippen LogP contribution in [0.3, 0.4) is 0 Å². The van der Waals surface area contributed by atoms with Crippen LogP contribution in [-0.2, 0) is 11.3 Å². The van der Waals surface area contributed by atoms with E-state index in [1.807, 2.05) is 60.7 Å². The van der Waals surface area contributed by atoms with Gasteiger partial charge in [-0.05, 0) is 17.5 Å². The summed E-state index contributed by atoms with van der Waals surface area (Å²) < 4.78 is 5.95. The zero-order chi connectivity index (χ0) is 15.4. The maximum absolute atomic E-state index is 10.6. The molecule has 0 bridgehead atoms. The molecule has 1 fully saturated rings. The Kier molecular flexibility index (Phi) is 4.85. The highest BCUT2D eigenvalue weighted by Gasteiger charge is 2.39. The molecular formula is C18H21NO3. The normalized spacial score (nSPS) is 23.5. The van der Waals surface area contributed by atoms with Crippen LogP contribution in [-0.4, -0.2) is 34.1 Å². The summed E-state index contributed by atoms with van der Waals surface area (Å²) in [5.41, 5.74) is 1.88. The molecule has 0 aliphatic carbocycles. The van der Waals surface area contributed by atoms with Crippen molar-refractivity contribution >= 4 is 0 Å². The lowest BCUT2D eigenvalue weighted by Crippen LogP contribution is -2.39. The van der Waals surface area contributed by atoms with E-state index in [0.29, 0.717) is 19.6 Å². The Morgan fingerprint density at radius 3 is 2.36 bits per heavy atom. The topological polar surface area (TPSA) is 52.9 Å². The van der Waals surface area contributed by atoms with Gasteiger partial charge in [0, 0.05) is 6.54 Å². The Hall–Kier alpha value is -1.72. The van der Waals surface area contributed by atoms with E-state index in [1.165, 1.54) is 5.06 Å². The Balaban J connectivity index is 1.68. The second-order valence-corrected chi connectivity index (χ2v) is 5.63. The number of aliphatic hydroxyl groups is 1. The highest BCUT2D eigenvalue weighted by molar-refractivity contribution is 5.20. The van der Waals surface area contributed by atoms with Crippen LogP contribution in [0, 0.1) is 0 Å². The highest BCUT2D eigenvalue weighted by Crippen LogP contribution is 2.30. The molecule has 2 aromatic carbocycles. The van der Waals surface area contributed by atoms with Crippen LogP contribution in [0.1, 0.15) is 23.7 Å². The smallest absolute Gasteiger partial charge is 0.0993 e. The monoisotopic (exact) mass is 299 g/mol. The fourth-order valence-electron chi connectivity index (χ4n) is 2.94. The third-order valence-electron chi connectivity index (χ3n) is 4.14. The van der Waals surface area contributed by atoms with E-state index in [0.717, 1.165) is 11.1 Å². The molecule has 1 unspecified atom stereocenters. The van der Waals surface area contributed by atoms with Crippen molar-refractivity contribution in [2.75, 3.05) is 6.54 Å². The molecule has 2 aromatic rings. The van der Waals surface area contributed by atoms with Crippen LogP contribution in [0.5, 0.6) is 0 Å². The van der Waals surface area contributed by atoms with Crippen LogP contribution in [0.15, 0.2) is 60.7 Å². The molecule has 0 radical (unpaired) electrons. The van der Waals surface area contributed by atoms with E-state index in [1.54, 1.807) is 0 Å². The van der Waals surface area contributed by atoms with Crippen molar-refractivity contribution < 1.29 is 15.1 Å². The summed E-state index contributed by atoms with van der Waals surface area (Å²) in [7, 11) is 0. The molecule has 4 heteroatoms. The number of aliphatic hydroxyl groups excluding tert-OH is 1. The molecule has 0 amide bonds. The minimum Gasteiger partial charge on any atom is -0.387 e. The molecule has 2 N–H and O–H groups in total. The third-order valence-corrected chi connectivity index (χ3v) is 4.14. The maximum atomic E-state index is 10.6. The van der Waals surface area contributed by atoms with Gasteiger partial charge < -0.3 is 15.1 Å². The summed E-state index contributed by atoms with van der Waals surface area (Å²) in [6.07, 6.45) is -0.257.